The smallest absolute Gasteiger partial charge is 0.264 e. The topological polar surface area (TPSA) is 50.7 Å². The van der Waals surface area contributed by atoms with Crippen molar-refractivity contribution in [3.63, 3.8) is 0 Å². The SMILES string of the molecule is Cc1c(Cl)cccc1N=C1NC(=O)/C(=C\c2ccc(OC(C)C)cc2)S1. The number of halogens is 1. The molecule has 26 heavy (non-hydrogen) atoms. The minimum Gasteiger partial charge on any atom is -0.491 e. The molecule has 1 N–H and O–H groups in total. The molecule has 0 aliphatic carbocycles. The number of amidine groups is 1. The van der Waals surface area contributed by atoms with Gasteiger partial charge in [-0.05, 0) is 74.0 Å². The molecule has 1 aliphatic heterocycles. The van der Waals surface area contributed by atoms with Crippen LogP contribution >= 0.6 is 23.4 Å². The zero-order valence-corrected chi connectivity index (χ0v) is 16.3. The normalized spacial score (nSPS) is 17.2. The highest BCUT2D eigenvalue weighted by Crippen LogP contribution is 2.31. The molecule has 0 spiro atoms. The number of amides is 1. The Labute approximate surface area is 162 Å². The van der Waals surface area contributed by atoms with Gasteiger partial charge in [-0.1, -0.05) is 29.8 Å². The molecule has 134 valence electrons. The minimum absolute atomic E-state index is 0.129. The van der Waals surface area contributed by atoms with Crippen molar-refractivity contribution in [2.75, 3.05) is 0 Å². The Morgan fingerprint density at radius 3 is 2.62 bits per heavy atom. The number of ether oxygens (including phenoxy) is 1. The van der Waals surface area contributed by atoms with Gasteiger partial charge in [-0.3, -0.25) is 4.79 Å². The van der Waals surface area contributed by atoms with Crippen LogP contribution in [0, 0.1) is 6.92 Å². The third kappa shape index (κ3) is 4.48. The number of benzene rings is 2. The predicted molar refractivity (Wildman–Crippen MR) is 109 cm³/mol. The number of thioether (sulfide) groups is 1. The summed E-state index contributed by atoms with van der Waals surface area (Å²) in [5, 5.41) is 4.00. The van der Waals surface area contributed by atoms with Crippen LogP contribution in [0.4, 0.5) is 5.69 Å². The number of carbonyl (C=O) groups excluding carboxylic acids is 1. The van der Waals surface area contributed by atoms with Gasteiger partial charge in [-0.25, -0.2) is 4.99 Å². The van der Waals surface area contributed by atoms with Crippen molar-refractivity contribution in [2.24, 2.45) is 4.99 Å². The number of hydrogen-bond acceptors (Lipinski definition) is 4. The van der Waals surface area contributed by atoms with Crippen LogP contribution in [0.5, 0.6) is 5.75 Å². The summed E-state index contributed by atoms with van der Waals surface area (Å²) in [6, 6.07) is 13.2. The average molecular weight is 387 g/mol. The van der Waals surface area contributed by atoms with Crippen molar-refractivity contribution in [1.29, 1.82) is 0 Å². The second-order valence-corrected chi connectivity index (χ2v) is 7.54. The molecule has 6 heteroatoms. The molecule has 3 rings (SSSR count). The van der Waals surface area contributed by atoms with Gasteiger partial charge < -0.3 is 10.1 Å². The zero-order chi connectivity index (χ0) is 18.7. The van der Waals surface area contributed by atoms with Crippen LogP contribution in [0.3, 0.4) is 0 Å². The van der Waals surface area contributed by atoms with Crippen molar-refractivity contribution < 1.29 is 9.53 Å². The second kappa shape index (κ2) is 7.98. The van der Waals surface area contributed by atoms with Crippen molar-refractivity contribution in [3.05, 3.63) is 63.5 Å². The molecule has 1 fully saturated rings. The van der Waals surface area contributed by atoms with Crippen LogP contribution in [-0.2, 0) is 4.79 Å². The second-order valence-electron chi connectivity index (χ2n) is 6.10. The van der Waals surface area contributed by atoms with Crippen LogP contribution in [0.25, 0.3) is 6.08 Å². The Bertz CT molecular complexity index is 889. The summed E-state index contributed by atoms with van der Waals surface area (Å²) in [6.45, 7) is 5.87. The van der Waals surface area contributed by atoms with E-state index in [1.54, 1.807) is 0 Å². The number of nitrogens with one attached hydrogen (secondary N) is 1. The Morgan fingerprint density at radius 1 is 1.19 bits per heavy atom. The van der Waals surface area contributed by atoms with Crippen molar-refractivity contribution in [3.8, 4) is 5.75 Å². The Kier molecular flexibility index (Phi) is 5.69. The zero-order valence-electron chi connectivity index (χ0n) is 14.7. The van der Waals surface area contributed by atoms with E-state index in [1.165, 1.54) is 11.8 Å². The maximum absolute atomic E-state index is 12.2. The standard InChI is InChI=1S/C20H19ClN2O2S/c1-12(2)25-15-9-7-14(8-10-15)11-18-19(24)23-20(26-18)22-17-6-4-5-16(21)13(17)3/h4-12H,1-3H3,(H,22,23,24)/b18-11+. The lowest BCUT2D eigenvalue weighted by molar-refractivity contribution is -0.115. The highest BCUT2D eigenvalue weighted by atomic mass is 35.5. The van der Waals surface area contributed by atoms with E-state index in [9.17, 15) is 4.79 Å². The maximum atomic E-state index is 12.2. The largest absolute Gasteiger partial charge is 0.491 e. The summed E-state index contributed by atoms with van der Waals surface area (Å²) < 4.78 is 5.63. The van der Waals surface area contributed by atoms with E-state index in [4.69, 9.17) is 16.3 Å². The van der Waals surface area contributed by atoms with Crippen molar-refractivity contribution >= 4 is 46.2 Å². The molecular weight excluding hydrogens is 368 g/mol. The summed E-state index contributed by atoms with van der Waals surface area (Å²) in [5.41, 5.74) is 2.56. The monoisotopic (exact) mass is 386 g/mol. The third-order valence-corrected chi connectivity index (χ3v) is 4.98. The first kappa shape index (κ1) is 18.5. The summed E-state index contributed by atoms with van der Waals surface area (Å²) in [4.78, 5) is 17.3. The Morgan fingerprint density at radius 2 is 1.92 bits per heavy atom. The van der Waals surface area contributed by atoms with Gasteiger partial charge in [0.1, 0.15) is 5.75 Å². The lowest BCUT2D eigenvalue weighted by Gasteiger charge is -2.09. The number of carbonyl (C=O) groups is 1. The first-order valence-electron chi connectivity index (χ1n) is 8.24. The molecule has 0 aromatic heterocycles. The molecule has 0 radical (unpaired) electrons. The number of nitrogens with zero attached hydrogens (tertiary/aromatic N) is 1. The van der Waals surface area contributed by atoms with E-state index in [0.29, 0.717) is 15.1 Å². The summed E-state index contributed by atoms with van der Waals surface area (Å²) in [7, 11) is 0. The van der Waals surface area contributed by atoms with Gasteiger partial charge >= 0.3 is 0 Å². The highest BCUT2D eigenvalue weighted by molar-refractivity contribution is 8.18. The van der Waals surface area contributed by atoms with Gasteiger partial charge in [0.15, 0.2) is 5.17 Å². The Hall–Kier alpha value is -2.24. The summed E-state index contributed by atoms with van der Waals surface area (Å²) >= 11 is 7.44. The van der Waals surface area contributed by atoms with Gasteiger partial charge in [-0.2, -0.15) is 0 Å². The molecule has 0 unspecified atom stereocenters. The number of rotatable bonds is 4. The van der Waals surface area contributed by atoms with Gasteiger partial charge in [-0.15, -0.1) is 0 Å². The van der Waals surface area contributed by atoms with Crippen LogP contribution in [0.15, 0.2) is 52.4 Å². The summed E-state index contributed by atoms with van der Waals surface area (Å²) in [6.07, 6.45) is 1.97. The molecule has 0 bridgehead atoms. The van der Waals surface area contributed by atoms with E-state index in [1.807, 2.05) is 69.3 Å². The van der Waals surface area contributed by atoms with Crippen molar-refractivity contribution in [2.45, 2.75) is 26.9 Å². The predicted octanol–water partition coefficient (Wildman–Crippen LogP) is 5.33. The fourth-order valence-electron chi connectivity index (χ4n) is 2.37. The van der Waals surface area contributed by atoms with Crippen LogP contribution in [-0.4, -0.2) is 17.2 Å². The molecule has 0 atom stereocenters. The van der Waals surface area contributed by atoms with Gasteiger partial charge in [0.05, 0.1) is 16.7 Å². The molecule has 4 nitrogen and oxygen atoms in total. The lowest BCUT2D eigenvalue weighted by Crippen LogP contribution is -2.19. The fraction of sp³-hybridized carbons (Fsp3) is 0.200. The number of hydrogen-bond donors (Lipinski definition) is 1. The Balaban J connectivity index is 1.78. The quantitative estimate of drug-likeness (QED) is 0.723. The van der Waals surface area contributed by atoms with E-state index in [-0.39, 0.29) is 12.0 Å². The lowest BCUT2D eigenvalue weighted by atomic mass is 10.2. The molecular formula is C20H19ClN2O2S. The minimum atomic E-state index is -0.157. The average Bonchev–Trinajstić information content (AvgIpc) is 2.92. The molecule has 0 saturated carbocycles. The van der Waals surface area contributed by atoms with Crippen molar-refractivity contribution in [1.82, 2.24) is 5.32 Å². The third-order valence-electron chi connectivity index (χ3n) is 3.66. The van der Waals surface area contributed by atoms with E-state index in [0.717, 1.165) is 22.6 Å². The van der Waals surface area contributed by atoms with E-state index >= 15 is 0 Å². The highest BCUT2D eigenvalue weighted by Gasteiger charge is 2.24. The molecule has 2 aromatic carbocycles. The molecule has 1 saturated heterocycles. The fourth-order valence-corrected chi connectivity index (χ4v) is 3.38. The van der Waals surface area contributed by atoms with Gasteiger partial charge in [0.25, 0.3) is 5.91 Å². The van der Waals surface area contributed by atoms with E-state index in [2.05, 4.69) is 10.3 Å². The first-order valence-corrected chi connectivity index (χ1v) is 9.43. The number of aliphatic imine (C=N–C) groups is 1. The van der Waals surface area contributed by atoms with Crippen LogP contribution < -0.4 is 10.1 Å². The molecule has 2 aromatic rings. The molecule has 1 heterocycles. The van der Waals surface area contributed by atoms with Gasteiger partial charge in [0, 0.05) is 5.02 Å². The van der Waals surface area contributed by atoms with Crippen LogP contribution in [0.1, 0.15) is 25.0 Å². The van der Waals surface area contributed by atoms with Crippen LogP contribution in [0.2, 0.25) is 5.02 Å². The maximum Gasteiger partial charge on any atom is 0.264 e. The first-order chi connectivity index (χ1) is 12.4. The summed E-state index contributed by atoms with van der Waals surface area (Å²) in [5.74, 6) is 0.653. The van der Waals surface area contributed by atoms with Gasteiger partial charge in [0.2, 0.25) is 0 Å². The molecule has 1 amide bonds. The van der Waals surface area contributed by atoms with E-state index < -0.39 is 0 Å². The molecule has 1 aliphatic rings.